The summed E-state index contributed by atoms with van der Waals surface area (Å²) >= 11 is 0. The van der Waals surface area contributed by atoms with Gasteiger partial charge in [0.15, 0.2) is 0 Å². The summed E-state index contributed by atoms with van der Waals surface area (Å²) in [6.45, 7) is -0.0783. The van der Waals surface area contributed by atoms with E-state index in [-0.39, 0.29) is 17.9 Å². The van der Waals surface area contributed by atoms with Crippen LogP contribution in [0, 0.1) is 5.82 Å². The Morgan fingerprint density at radius 1 is 1.50 bits per heavy atom. The number of benzene rings is 1. The summed E-state index contributed by atoms with van der Waals surface area (Å²) in [6, 6.07) is 3.39. The van der Waals surface area contributed by atoms with Crippen molar-refractivity contribution < 1.29 is 14.3 Å². The fourth-order valence-corrected chi connectivity index (χ4v) is 2.27. The Labute approximate surface area is 93.1 Å². The molecule has 0 aliphatic heterocycles. The first kappa shape index (κ1) is 11.1. The molecule has 0 saturated heterocycles. The van der Waals surface area contributed by atoms with Crippen molar-refractivity contribution in [3.63, 3.8) is 0 Å². The van der Waals surface area contributed by atoms with Crippen molar-refractivity contribution in [2.45, 2.75) is 25.2 Å². The Balaban J connectivity index is 2.46. The second-order valence-corrected chi connectivity index (χ2v) is 4.09. The van der Waals surface area contributed by atoms with Crippen LogP contribution in [0.25, 0.3) is 0 Å². The zero-order valence-electron chi connectivity index (χ0n) is 8.87. The first-order valence-electron chi connectivity index (χ1n) is 5.38. The van der Waals surface area contributed by atoms with E-state index in [0.29, 0.717) is 12.0 Å². The molecule has 16 heavy (non-hydrogen) atoms. The molecule has 0 heterocycles. The minimum absolute atomic E-state index is 0.0783. The molecule has 0 radical (unpaired) electrons. The van der Waals surface area contributed by atoms with Crippen LogP contribution in [-0.2, 0) is 17.6 Å². The van der Waals surface area contributed by atoms with Crippen molar-refractivity contribution in [2.24, 2.45) is 5.73 Å². The number of hydrogen-bond donors (Lipinski definition) is 2. The van der Waals surface area contributed by atoms with Crippen LogP contribution in [0.4, 0.5) is 4.39 Å². The van der Waals surface area contributed by atoms with Crippen LogP contribution in [0.3, 0.4) is 0 Å². The fraction of sp³-hybridized carbons (Fsp3) is 0.417. The topological polar surface area (TPSA) is 63.3 Å². The summed E-state index contributed by atoms with van der Waals surface area (Å²) in [7, 11) is 0. The lowest BCUT2D eigenvalue weighted by Crippen LogP contribution is -2.22. The second kappa shape index (κ2) is 4.22. The van der Waals surface area contributed by atoms with Crippen molar-refractivity contribution in [2.75, 3.05) is 6.54 Å². The first-order chi connectivity index (χ1) is 7.65. The van der Waals surface area contributed by atoms with Gasteiger partial charge in [-0.25, -0.2) is 4.39 Å². The van der Waals surface area contributed by atoms with E-state index < -0.39 is 11.9 Å². The highest BCUT2D eigenvalue weighted by molar-refractivity contribution is 5.76. The van der Waals surface area contributed by atoms with E-state index in [2.05, 4.69) is 0 Å². The zero-order chi connectivity index (χ0) is 11.7. The van der Waals surface area contributed by atoms with Gasteiger partial charge in [0.1, 0.15) is 5.82 Å². The molecule has 0 spiro atoms. The van der Waals surface area contributed by atoms with Gasteiger partial charge in [0.2, 0.25) is 0 Å². The number of hydrogen-bond acceptors (Lipinski definition) is 2. The number of carboxylic acids is 1. The van der Waals surface area contributed by atoms with Gasteiger partial charge in [0, 0.05) is 12.1 Å². The Hall–Kier alpha value is -1.42. The quantitative estimate of drug-likeness (QED) is 0.815. The van der Waals surface area contributed by atoms with Gasteiger partial charge < -0.3 is 10.8 Å². The summed E-state index contributed by atoms with van der Waals surface area (Å²) in [4.78, 5) is 10.9. The van der Waals surface area contributed by atoms with E-state index >= 15 is 0 Å². The summed E-state index contributed by atoms with van der Waals surface area (Å²) in [5.74, 6) is -2.38. The molecule has 3 nitrogen and oxygen atoms in total. The lowest BCUT2D eigenvalue weighted by atomic mass is 9.95. The fourth-order valence-electron chi connectivity index (χ4n) is 2.27. The van der Waals surface area contributed by atoms with E-state index in [0.717, 1.165) is 18.4 Å². The van der Waals surface area contributed by atoms with E-state index in [1.54, 1.807) is 6.07 Å². The molecule has 0 bridgehead atoms. The Kier molecular flexibility index (Phi) is 2.92. The highest BCUT2D eigenvalue weighted by atomic mass is 19.1. The minimum atomic E-state index is -1.07. The number of fused-ring (bicyclic) bond motifs is 1. The molecule has 0 saturated carbocycles. The summed E-state index contributed by atoms with van der Waals surface area (Å²) in [6.07, 6.45) is 2.52. The average molecular weight is 223 g/mol. The number of nitrogens with two attached hydrogens (primary N) is 1. The Morgan fingerprint density at radius 2 is 2.25 bits per heavy atom. The number of carboxylic acid groups (broad SMARTS) is 1. The first-order valence-corrected chi connectivity index (χ1v) is 5.38. The molecule has 1 aliphatic rings. The lowest BCUT2D eigenvalue weighted by molar-refractivity contribution is -0.138. The molecule has 1 aromatic carbocycles. The van der Waals surface area contributed by atoms with Gasteiger partial charge in [0.05, 0.1) is 5.92 Å². The monoisotopic (exact) mass is 223 g/mol. The van der Waals surface area contributed by atoms with Crippen molar-refractivity contribution in [3.05, 3.63) is 34.6 Å². The normalized spacial score (nSPS) is 15.9. The molecule has 0 aromatic heterocycles. The minimum Gasteiger partial charge on any atom is -0.481 e. The predicted molar refractivity (Wildman–Crippen MR) is 57.9 cm³/mol. The molecule has 0 fully saturated rings. The molecule has 4 heteroatoms. The summed E-state index contributed by atoms with van der Waals surface area (Å²) in [5.41, 5.74) is 7.27. The van der Waals surface area contributed by atoms with Crippen LogP contribution in [-0.4, -0.2) is 17.6 Å². The SMILES string of the molecule is NCC(C(=O)O)c1ccc2c(c1F)CCC2. The van der Waals surface area contributed by atoms with Crippen molar-refractivity contribution in [1.82, 2.24) is 0 Å². The molecule has 1 unspecified atom stereocenters. The molecule has 1 aromatic rings. The van der Waals surface area contributed by atoms with Crippen molar-refractivity contribution in [3.8, 4) is 0 Å². The smallest absolute Gasteiger partial charge is 0.312 e. The Morgan fingerprint density at radius 3 is 2.88 bits per heavy atom. The van der Waals surface area contributed by atoms with Crippen LogP contribution in [0.5, 0.6) is 0 Å². The van der Waals surface area contributed by atoms with E-state index in [4.69, 9.17) is 10.8 Å². The third-order valence-electron chi connectivity index (χ3n) is 3.15. The van der Waals surface area contributed by atoms with Crippen molar-refractivity contribution in [1.29, 1.82) is 0 Å². The number of aliphatic carboxylic acids is 1. The standard InChI is InChI=1S/C12H14FNO2/c13-11-8-3-1-2-7(8)4-5-9(11)10(6-14)12(15)16/h4-5,10H,1-3,6,14H2,(H,15,16). The molecule has 0 amide bonds. The Bertz CT molecular complexity index is 431. The second-order valence-electron chi connectivity index (χ2n) is 4.09. The maximum atomic E-state index is 14.1. The van der Waals surface area contributed by atoms with Gasteiger partial charge in [-0.3, -0.25) is 4.79 Å². The van der Waals surface area contributed by atoms with Crippen LogP contribution in [0.1, 0.15) is 29.0 Å². The van der Waals surface area contributed by atoms with Gasteiger partial charge in [-0.05, 0) is 30.4 Å². The highest BCUT2D eigenvalue weighted by Crippen LogP contribution is 2.30. The molecular formula is C12H14FNO2. The van der Waals surface area contributed by atoms with Crippen LogP contribution < -0.4 is 5.73 Å². The lowest BCUT2D eigenvalue weighted by Gasteiger charge is -2.13. The van der Waals surface area contributed by atoms with Crippen LogP contribution >= 0.6 is 0 Å². The third kappa shape index (κ3) is 1.69. The number of aryl methyl sites for hydroxylation is 1. The zero-order valence-corrected chi connectivity index (χ0v) is 8.87. The number of carbonyl (C=O) groups is 1. The van der Waals surface area contributed by atoms with Crippen molar-refractivity contribution >= 4 is 5.97 Å². The molecule has 1 aliphatic carbocycles. The molecule has 86 valence electrons. The molecular weight excluding hydrogens is 209 g/mol. The number of rotatable bonds is 3. The molecule has 3 N–H and O–H groups in total. The number of halogens is 1. The molecule has 1 atom stereocenters. The maximum absolute atomic E-state index is 14.1. The van der Waals surface area contributed by atoms with Gasteiger partial charge in [-0.2, -0.15) is 0 Å². The van der Waals surface area contributed by atoms with E-state index in [9.17, 15) is 9.18 Å². The summed E-state index contributed by atoms with van der Waals surface area (Å²) in [5, 5.41) is 8.95. The van der Waals surface area contributed by atoms with Gasteiger partial charge in [-0.1, -0.05) is 12.1 Å². The van der Waals surface area contributed by atoms with Gasteiger partial charge in [0.25, 0.3) is 0 Å². The maximum Gasteiger partial charge on any atom is 0.312 e. The van der Waals surface area contributed by atoms with E-state index in [1.165, 1.54) is 0 Å². The van der Waals surface area contributed by atoms with Gasteiger partial charge in [-0.15, -0.1) is 0 Å². The van der Waals surface area contributed by atoms with E-state index in [1.807, 2.05) is 6.07 Å². The van der Waals surface area contributed by atoms with Gasteiger partial charge >= 0.3 is 5.97 Å². The van der Waals surface area contributed by atoms with Crippen LogP contribution in [0.15, 0.2) is 12.1 Å². The molecule has 2 rings (SSSR count). The predicted octanol–water partition coefficient (Wildman–Crippen LogP) is 1.44. The average Bonchev–Trinajstić information content (AvgIpc) is 2.70. The largest absolute Gasteiger partial charge is 0.481 e. The third-order valence-corrected chi connectivity index (χ3v) is 3.15. The summed E-state index contributed by atoms with van der Waals surface area (Å²) < 4.78 is 14.1. The highest BCUT2D eigenvalue weighted by Gasteiger charge is 2.25. The van der Waals surface area contributed by atoms with Crippen LogP contribution in [0.2, 0.25) is 0 Å².